The van der Waals surface area contributed by atoms with E-state index < -0.39 is 5.97 Å². The molecule has 0 bridgehead atoms. The van der Waals surface area contributed by atoms with Crippen LogP contribution in [-0.2, 0) is 4.79 Å². The van der Waals surface area contributed by atoms with Gasteiger partial charge in [0.25, 0.3) is 0 Å². The number of Topliss-reactive ketones (excluding diaryl/α,β-unsaturated/α-hetero) is 1. The number of benzene rings is 1. The summed E-state index contributed by atoms with van der Waals surface area (Å²) < 4.78 is 10.2. The third-order valence-corrected chi connectivity index (χ3v) is 2.10. The van der Waals surface area contributed by atoms with Gasteiger partial charge in [-0.3, -0.25) is 9.59 Å². The Morgan fingerprint density at radius 3 is 3.00 bits per heavy atom. The summed E-state index contributed by atoms with van der Waals surface area (Å²) in [6.45, 7) is 1.73. The first-order valence-corrected chi connectivity index (χ1v) is 4.65. The van der Waals surface area contributed by atoms with E-state index in [0.717, 1.165) is 0 Å². The van der Waals surface area contributed by atoms with Crippen LogP contribution < -0.4 is 9.47 Å². The van der Waals surface area contributed by atoms with Gasteiger partial charge in [0.15, 0.2) is 5.78 Å². The van der Waals surface area contributed by atoms with Crippen LogP contribution in [0.2, 0.25) is 0 Å². The minimum Gasteiger partial charge on any atom is -0.492 e. The first-order valence-electron chi connectivity index (χ1n) is 4.65. The summed E-state index contributed by atoms with van der Waals surface area (Å²) in [5, 5.41) is 0. The summed E-state index contributed by atoms with van der Waals surface area (Å²) in [5.41, 5.74) is 0.486. The number of carbonyl (C=O) groups excluding carboxylic acids is 2. The van der Waals surface area contributed by atoms with Crippen molar-refractivity contribution in [2.75, 3.05) is 6.61 Å². The van der Waals surface area contributed by atoms with Crippen molar-refractivity contribution < 1.29 is 19.1 Å². The molecule has 1 aliphatic rings. The predicted octanol–water partition coefficient (Wildman–Crippen LogP) is 1.58. The molecular weight excluding hydrogens is 196 g/mol. The minimum atomic E-state index is -0.404. The molecule has 1 aromatic carbocycles. The van der Waals surface area contributed by atoms with Crippen LogP contribution in [0.3, 0.4) is 0 Å². The molecule has 1 heterocycles. The van der Waals surface area contributed by atoms with E-state index in [9.17, 15) is 9.59 Å². The Bertz CT molecular complexity index is 423. The summed E-state index contributed by atoms with van der Waals surface area (Å²) in [7, 11) is 0. The van der Waals surface area contributed by atoms with Gasteiger partial charge in [-0.25, -0.2) is 0 Å². The highest BCUT2D eigenvalue weighted by Gasteiger charge is 2.19. The molecule has 0 unspecified atom stereocenters. The average molecular weight is 206 g/mol. The summed E-state index contributed by atoms with van der Waals surface area (Å²) in [6.07, 6.45) is 0.372. The van der Waals surface area contributed by atoms with E-state index in [4.69, 9.17) is 9.47 Å². The van der Waals surface area contributed by atoms with Crippen molar-refractivity contribution in [1.82, 2.24) is 0 Å². The second kappa shape index (κ2) is 3.73. The Balaban J connectivity index is 2.35. The lowest BCUT2D eigenvalue weighted by Crippen LogP contribution is -2.15. The fraction of sp³-hybridized carbons (Fsp3) is 0.273. The second-order valence-corrected chi connectivity index (χ2v) is 3.27. The molecule has 0 spiro atoms. The van der Waals surface area contributed by atoms with Gasteiger partial charge in [-0.15, -0.1) is 0 Å². The van der Waals surface area contributed by atoms with Gasteiger partial charge in [0, 0.05) is 13.3 Å². The van der Waals surface area contributed by atoms with E-state index in [1.807, 2.05) is 0 Å². The third-order valence-electron chi connectivity index (χ3n) is 2.10. The molecular formula is C11H10O4. The van der Waals surface area contributed by atoms with Crippen LogP contribution >= 0.6 is 0 Å². The van der Waals surface area contributed by atoms with Crippen molar-refractivity contribution >= 4 is 11.8 Å². The molecule has 0 aromatic heterocycles. The molecule has 78 valence electrons. The van der Waals surface area contributed by atoms with Gasteiger partial charge in [-0.2, -0.15) is 0 Å². The maximum atomic E-state index is 11.5. The van der Waals surface area contributed by atoms with Gasteiger partial charge in [-0.05, 0) is 18.2 Å². The maximum absolute atomic E-state index is 11.5. The predicted molar refractivity (Wildman–Crippen MR) is 52.2 cm³/mol. The van der Waals surface area contributed by atoms with Gasteiger partial charge in [0.1, 0.15) is 11.5 Å². The van der Waals surface area contributed by atoms with Gasteiger partial charge < -0.3 is 9.47 Å². The lowest BCUT2D eigenvalue weighted by Gasteiger charge is -2.16. The highest BCUT2D eigenvalue weighted by Crippen LogP contribution is 2.28. The fourth-order valence-corrected chi connectivity index (χ4v) is 1.47. The van der Waals surface area contributed by atoms with E-state index in [1.54, 1.807) is 12.1 Å². The zero-order chi connectivity index (χ0) is 10.8. The molecule has 0 atom stereocenters. The van der Waals surface area contributed by atoms with Crippen molar-refractivity contribution in [3.63, 3.8) is 0 Å². The molecule has 15 heavy (non-hydrogen) atoms. The van der Waals surface area contributed by atoms with Crippen molar-refractivity contribution in [3.8, 4) is 11.5 Å². The van der Waals surface area contributed by atoms with Gasteiger partial charge in [-0.1, -0.05) is 0 Å². The Morgan fingerprint density at radius 1 is 1.47 bits per heavy atom. The molecule has 1 aromatic rings. The van der Waals surface area contributed by atoms with Crippen LogP contribution in [0.25, 0.3) is 0 Å². The first kappa shape index (κ1) is 9.71. The van der Waals surface area contributed by atoms with E-state index >= 15 is 0 Å². The molecule has 4 nitrogen and oxygen atoms in total. The number of esters is 1. The molecule has 0 N–H and O–H groups in total. The average Bonchev–Trinajstić information content (AvgIpc) is 2.18. The van der Waals surface area contributed by atoms with Crippen LogP contribution in [0.15, 0.2) is 18.2 Å². The van der Waals surface area contributed by atoms with Crippen molar-refractivity contribution in [1.29, 1.82) is 0 Å². The maximum Gasteiger partial charge on any atom is 0.308 e. The van der Waals surface area contributed by atoms with E-state index in [-0.39, 0.29) is 5.78 Å². The summed E-state index contributed by atoms with van der Waals surface area (Å²) in [5.74, 6) is 0.548. The Kier molecular flexibility index (Phi) is 2.41. The molecule has 0 fully saturated rings. The Labute approximate surface area is 86.8 Å². The van der Waals surface area contributed by atoms with Crippen LogP contribution in [0.4, 0.5) is 0 Å². The quantitative estimate of drug-likeness (QED) is 0.517. The topological polar surface area (TPSA) is 52.6 Å². The summed E-state index contributed by atoms with van der Waals surface area (Å²) in [6, 6.07) is 4.79. The fourth-order valence-electron chi connectivity index (χ4n) is 1.47. The highest BCUT2D eigenvalue weighted by atomic mass is 16.5. The smallest absolute Gasteiger partial charge is 0.308 e. The highest BCUT2D eigenvalue weighted by molar-refractivity contribution is 6.00. The second-order valence-electron chi connectivity index (χ2n) is 3.27. The Hall–Kier alpha value is -1.84. The molecule has 0 radical (unpaired) electrons. The van der Waals surface area contributed by atoms with Crippen LogP contribution in [0.1, 0.15) is 23.7 Å². The summed E-state index contributed by atoms with van der Waals surface area (Å²) >= 11 is 0. The van der Waals surface area contributed by atoms with E-state index in [2.05, 4.69) is 0 Å². The number of carbonyl (C=O) groups is 2. The zero-order valence-corrected chi connectivity index (χ0v) is 8.28. The monoisotopic (exact) mass is 206 g/mol. The molecule has 0 aliphatic carbocycles. The molecule has 0 saturated carbocycles. The van der Waals surface area contributed by atoms with Gasteiger partial charge in [0.2, 0.25) is 0 Å². The number of hydrogen-bond donors (Lipinski definition) is 0. The van der Waals surface area contributed by atoms with Crippen molar-refractivity contribution in [2.45, 2.75) is 13.3 Å². The third kappa shape index (κ3) is 1.98. The number of fused-ring (bicyclic) bond motifs is 1. The Morgan fingerprint density at radius 2 is 2.27 bits per heavy atom. The van der Waals surface area contributed by atoms with Crippen molar-refractivity contribution in [2.24, 2.45) is 0 Å². The standard InChI is InChI=1S/C11H10O4/c1-7(12)15-8-2-3-11-9(6-8)10(13)4-5-14-11/h2-3,6H,4-5H2,1H3. The first-order chi connectivity index (χ1) is 7.16. The number of rotatable bonds is 1. The van der Waals surface area contributed by atoms with Crippen LogP contribution in [0.5, 0.6) is 11.5 Å². The van der Waals surface area contributed by atoms with Crippen LogP contribution in [-0.4, -0.2) is 18.4 Å². The van der Waals surface area contributed by atoms with E-state index in [0.29, 0.717) is 30.1 Å². The normalized spacial score (nSPS) is 14.1. The lowest BCUT2D eigenvalue weighted by atomic mass is 10.1. The number of ketones is 1. The molecule has 0 saturated heterocycles. The SMILES string of the molecule is CC(=O)Oc1ccc2c(c1)C(=O)CCO2. The van der Waals surface area contributed by atoms with Gasteiger partial charge >= 0.3 is 5.97 Å². The largest absolute Gasteiger partial charge is 0.492 e. The molecule has 2 rings (SSSR count). The molecule has 1 aliphatic heterocycles. The van der Waals surface area contributed by atoms with Crippen molar-refractivity contribution in [3.05, 3.63) is 23.8 Å². The zero-order valence-electron chi connectivity index (χ0n) is 8.28. The molecule has 4 heteroatoms. The van der Waals surface area contributed by atoms with E-state index in [1.165, 1.54) is 13.0 Å². The molecule has 0 amide bonds. The minimum absolute atomic E-state index is 0.0188. The lowest BCUT2D eigenvalue weighted by molar-refractivity contribution is -0.131. The number of hydrogen-bond acceptors (Lipinski definition) is 4. The summed E-state index contributed by atoms with van der Waals surface area (Å²) in [4.78, 5) is 22.2. The van der Waals surface area contributed by atoms with Crippen LogP contribution in [0, 0.1) is 0 Å². The number of ether oxygens (including phenoxy) is 2. The van der Waals surface area contributed by atoms with Gasteiger partial charge in [0.05, 0.1) is 12.2 Å².